The minimum Gasteiger partial charge on any atom is -0.325 e. The summed E-state index contributed by atoms with van der Waals surface area (Å²) in [6.45, 7) is 3.90. The highest BCUT2D eigenvalue weighted by Gasteiger charge is 2.45. The van der Waals surface area contributed by atoms with Crippen molar-refractivity contribution < 1.29 is 14.4 Å². The number of rotatable bonds is 8. The van der Waals surface area contributed by atoms with Crippen LogP contribution in [0.25, 0.3) is 0 Å². The maximum atomic E-state index is 14.0. The first kappa shape index (κ1) is 25.1. The second-order valence-electron chi connectivity index (χ2n) is 8.51. The highest BCUT2D eigenvalue weighted by Crippen LogP contribution is 2.32. The van der Waals surface area contributed by atoms with E-state index in [1.807, 2.05) is 50.2 Å². The van der Waals surface area contributed by atoms with E-state index < -0.39 is 17.2 Å². The number of hydrogen-bond acceptors (Lipinski definition) is 6. The van der Waals surface area contributed by atoms with Gasteiger partial charge in [0.15, 0.2) is 0 Å². The second kappa shape index (κ2) is 11.2. The maximum absolute atomic E-state index is 14.0. The molecule has 0 aliphatic carbocycles. The third-order valence-corrected chi connectivity index (χ3v) is 7.37. The van der Waals surface area contributed by atoms with E-state index in [1.165, 1.54) is 21.6 Å². The van der Waals surface area contributed by atoms with E-state index in [-0.39, 0.29) is 24.8 Å². The number of nitrogens with zero attached hydrogens (tertiary/aromatic N) is 4. The van der Waals surface area contributed by atoms with Gasteiger partial charge in [-0.1, -0.05) is 67.2 Å². The van der Waals surface area contributed by atoms with Crippen molar-refractivity contribution in [2.75, 3.05) is 4.90 Å². The molecule has 1 saturated heterocycles. The lowest BCUT2D eigenvalue weighted by Gasteiger charge is -2.31. The number of imide groups is 1. The van der Waals surface area contributed by atoms with Crippen LogP contribution in [0.15, 0.2) is 77.8 Å². The Morgan fingerprint density at radius 3 is 2.42 bits per heavy atom. The minimum atomic E-state index is -0.916. The van der Waals surface area contributed by atoms with Gasteiger partial charge >= 0.3 is 0 Å². The van der Waals surface area contributed by atoms with Gasteiger partial charge in [-0.3, -0.25) is 14.4 Å². The van der Waals surface area contributed by atoms with Gasteiger partial charge in [-0.25, -0.2) is 9.88 Å². The highest BCUT2D eigenvalue weighted by atomic mass is 32.2. The van der Waals surface area contributed by atoms with Gasteiger partial charge in [-0.2, -0.15) is 5.26 Å². The van der Waals surface area contributed by atoms with Crippen LogP contribution >= 0.6 is 11.8 Å². The fourth-order valence-corrected chi connectivity index (χ4v) is 5.28. The first-order valence-electron chi connectivity index (χ1n) is 11.7. The fourth-order valence-electron chi connectivity index (χ4n) is 4.17. The lowest BCUT2D eigenvalue weighted by Crippen LogP contribution is -2.48. The lowest BCUT2D eigenvalue weighted by molar-refractivity contribution is -0.138. The molecule has 4 rings (SSSR count). The molecule has 2 atom stereocenters. The number of amides is 3. The van der Waals surface area contributed by atoms with Crippen LogP contribution in [0.2, 0.25) is 0 Å². The highest BCUT2D eigenvalue weighted by molar-refractivity contribution is 8.00. The number of hydrogen-bond donors (Lipinski definition) is 0. The number of aromatic nitrogens is 1. The molecule has 1 aromatic heterocycles. The molecule has 0 radical (unpaired) electrons. The summed E-state index contributed by atoms with van der Waals surface area (Å²) in [6, 6.07) is 22.8. The predicted octanol–water partition coefficient (Wildman–Crippen LogP) is 4.49. The van der Waals surface area contributed by atoms with E-state index in [4.69, 9.17) is 0 Å². The van der Waals surface area contributed by atoms with Gasteiger partial charge in [0, 0.05) is 12.2 Å². The van der Waals surface area contributed by atoms with Crippen molar-refractivity contribution in [3.8, 4) is 6.07 Å². The number of carbonyl (C=O) groups excluding carboxylic acids is 3. The normalized spacial score (nSPS) is 16.0. The Hall–Kier alpha value is -3.96. The lowest BCUT2D eigenvalue weighted by atomic mass is 10.1. The average molecular weight is 499 g/mol. The van der Waals surface area contributed by atoms with E-state index >= 15 is 0 Å². The minimum absolute atomic E-state index is 0.0838. The summed E-state index contributed by atoms with van der Waals surface area (Å²) in [5, 5.41) is 9.43. The number of anilines is 1. The van der Waals surface area contributed by atoms with E-state index in [9.17, 15) is 19.6 Å². The van der Waals surface area contributed by atoms with Crippen LogP contribution in [-0.2, 0) is 20.9 Å². The third kappa shape index (κ3) is 5.31. The van der Waals surface area contributed by atoms with Crippen molar-refractivity contribution in [1.82, 2.24) is 9.88 Å². The predicted molar refractivity (Wildman–Crippen MR) is 138 cm³/mol. The van der Waals surface area contributed by atoms with Crippen molar-refractivity contribution in [3.63, 3.8) is 0 Å². The molecule has 0 saturated carbocycles. The van der Waals surface area contributed by atoms with Gasteiger partial charge in [-0.05, 0) is 43.2 Å². The van der Waals surface area contributed by atoms with Crippen LogP contribution in [0.4, 0.5) is 5.69 Å². The Morgan fingerprint density at radius 1 is 1.11 bits per heavy atom. The zero-order valence-corrected chi connectivity index (χ0v) is 20.9. The molecule has 0 N–H and O–H groups in total. The molecule has 2 heterocycles. The number of thioether (sulfide) groups is 1. The first-order chi connectivity index (χ1) is 17.4. The summed E-state index contributed by atoms with van der Waals surface area (Å²) in [5.74, 6) is -1.02. The molecule has 3 aromatic rings. The van der Waals surface area contributed by atoms with Crippen LogP contribution < -0.4 is 4.90 Å². The molecule has 36 heavy (non-hydrogen) atoms. The molecule has 3 amide bonds. The number of aryl methyl sites for hydroxylation is 1. The van der Waals surface area contributed by atoms with Crippen LogP contribution in [0.3, 0.4) is 0 Å². The van der Waals surface area contributed by atoms with Crippen molar-refractivity contribution in [2.45, 2.75) is 49.6 Å². The van der Waals surface area contributed by atoms with E-state index in [1.54, 1.807) is 36.4 Å². The van der Waals surface area contributed by atoms with Crippen LogP contribution in [-0.4, -0.2) is 38.9 Å². The first-order valence-corrected chi connectivity index (χ1v) is 12.6. The van der Waals surface area contributed by atoms with Crippen LogP contribution in [0, 0.1) is 18.3 Å². The van der Waals surface area contributed by atoms with Gasteiger partial charge in [0.05, 0.1) is 22.9 Å². The largest absolute Gasteiger partial charge is 0.325 e. The van der Waals surface area contributed by atoms with Crippen molar-refractivity contribution in [3.05, 3.63) is 89.6 Å². The van der Waals surface area contributed by atoms with Gasteiger partial charge in [-0.15, -0.1) is 0 Å². The molecule has 1 aliphatic rings. The summed E-state index contributed by atoms with van der Waals surface area (Å²) in [7, 11) is 0. The molecule has 1 fully saturated rings. The Labute approximate surface area is 214 Å². The topological polar surface area (TPSA) is 94.4 Å². The van der Waals surface area contributed by atoms with Crippen molar-refractivity contribution in [1.29, 1.82) is 5.26 Å². The number of benzene rings is 2. The summed E-state index contributed by atoms with van der Waals surface area (Å²) in [4.78, 5) is 47.6. The Morgan fingerprint density at radius 2 is 1.78 bits per heavy atom. The molecular formula is C28H26N4O3S. The molecule has 7 nitrogen and oxygen atoms in total. The Bertz CT molecular complexity index is 1310. The summed E-state index contributed by atoms with van der Waals surface area (Å²) >= 11 is 1.22. The van der Waals surface area contributed by atoms with Crippen molar-refractivity contribution in [2.24, 2.45) is 0 Å². The Kier molecular flexibility index (Phi) is 7.81. The molecule has 0 spiro atoms. The monoisotopic (exact) mass is 498 g/mol. The molecule has 1 aliphatic heterocycles. The zero-order valence-electron chi connectivity index (χ0n) is 20.1. The van der Waals surface area contributed by atoms with Crippen molar-refractivity contribution >= 4 is 35.2 Å². The Balaban J connectivity index is 1.67. The smallest absolute Gasteiger partial charge is 0.257 e. The molecule has 2 unspecified atom stereocenters. The number of carbonyl (C=O) groups is 3. The number of para-hydroxylation sites is 1. The SMILES string of the molecule is CCC(Sc1nc(C)ccc1C#N)C(=O)N(Cc1ccccc1)C1CC(=O)N(c2ccccc2)C1=O. The fraction of sp³-hybridized carbons (Fsp3) is 0.250. The molecule has 0 bridgehead atoms. The zero-order chi connectivity index (χ0) is 25.7. The average Bonchev–Trinajstić information content (AvgIpc) is 3.19. The summed E-state index contributed by atoms with van der Waals surface area (Å²) in [6.07, 6.45) is 0.381. The summed E-state index contributed by atoms with van der Waals surface area (Å²) < 4.78 is 0. The standard InChI is InChI=1S/C28H26N4O3S/c1-3-24(36-26-21(17-29)15-14-19(2)30-26)28(35)31(18-20-10-6-4-7-11-20)23-16-25(33)32(27(23)34)22-12-8-5-9-13-22/h4-15,23-24H,3,16,18H2,1-2H3. The number of nitriles is 1. The second-order valence-corrected chi connectivity index (χ2v) is 9.70. The van der Waals surface area contributed by atoms with Crippen LogP contribution in [0.1, 0.15) is 36.6 Å². The van der Waals surface area contributed by atoms with E-state index in [0.717, 1.165) is 11.3 Å². The van der Waals surface area contributed by atoms with E-state index in [2.05, 4.69) is 11.1 Å². The van der Waals surface area contributed by atoms with Crippen LogP contribution in [0.5, 0.6) is 0 Å². The number of pyridine rings is 1. The third-order valence-electron chi connectivity index (χ3n) is 6.01. The molecular weight excluding hydrogens is 472 g/mol. The van der Waals surface area contributed by atoms with Gasteiger partial charge in [0.25, 0.3) is 5.91 Å². The molecule has 2 aromatic carbocycles. The van der Waals surface area contributed by atoms with Gasteiger partial charge < -0.3 is 4.90 Å². The maximum Gasteiger partial charge on any atom is 0.257 e. The molecule has 182 valence electrons. The molecule has 8 heteroatoms. The van der Waals surface area contributed by atoms with E-state index in [0.29, 0.717) is 22.7 Å². The van der Waals surface area contributed by atoms with Gasteiger partial charge in [0.1, 0.15) is 17.1 Å². The quantitative estimate of drug-likeness (QED) is 0.335. The van der Waals surface area contributed by atoms with Gasteiger partial charge in [0.2, 0.25) is 11.8 Å². The summed E-state index contributed by atoms with van der Waals surface area (Å²) in [5.41, 5.74) is 2.49.